The molecule has 0 radical (unpaired) electrons. The smallest absolute Gasteiger partial charge is 0.160 e. The second kappa shape index (κ2) is 3.32. The van der Waals surface area contributed by atoms with E-state index < -0.39 is 11.1 Å². The maximum absolute atomic E-state index is 10.5. The average Bonchev–Trinajstić information content (AvgIpc) is 1.88. The molecule has 1 aliphatic rings. The van der Waals surface area contributed by atoms with E-state index >= 15 is 0 Å². The lowest BCUT2D eigenvalue weighted by Crippen LogP contribution is -2.12. The van der Waals surface area contributed by atoms with Crippen LogP contribution in [0.1, 0.15) is 6.42 Å². The fraction of sp³-hybridized carbons (Fsp3) is 0.333. The first-order valence-electron chi connectivity index (χ1n) is 2.82. The van der Waals surface area contributed by atoms with Crippen LogP contribution in [0.25, 0.3) is 0 Å². The lowest BCUT2D eigenvalue weighted by atomic mass is 10.2. The third-order valence-electron chi connectivity index (χ3n) is 1.26. The van der Waals surface area contributed by atoms with Gasteiger partial charge in [-0.05, 0) is 6.08 Å². The zero-order valence-corrected chi connectivity index (χ0v) is 6.73. The topological polar surface area (TPSA) is 37.3 Å². The number of rotatable bonds is 1. The largest absolute Gasteiger partial charge is 0.306 e. The molecule has 0 saturated carbocycles. The van der Waals surface area contributed by atoms with Crippen molar-refractivity contribution in [1.82, 2.24) is 0 Å². The van der Waals surface area contributed by atoms with Crippen molar-refractivity contribution >= 4 is 22.7 Å². The summed E-state index contributed by atoms with van der Waals surface area (Å²) in [4.78, 5) is 0. The molecular weight excluding hydrogens is 172 g/mol. The fourth-order valence-electron chi connectivity index (χ4n) is 0.751. The predicted octanol–water partition coefficient (Wildman–Crippen LogP) is 1.66. The van der Waals surface area contributed by atoms with E-state index in [1.54, 1.807) is 18.2 Å². The van der Waals surface area contributed by atoms with Crippen molar-refractivity contribution in [1.29, 1.82) is 0 Å². The van der Waals surface area contributed by atoms with E-state index in [4.69, 9.17) is 16.2 Å². The van der Waals surface area contributed by atoms with Crippen LogP contribution in [0, 0.1) is 0 Å². The van der Waals surface area contributed by atoms with Crippen molar-refractivity contribution in [3.05, 3.63) is 23.3 Å². The third-order valence-corrected chi connectivity index (χ3v) is 2.38. The summed E-state index contributed by atoms with van der Waals surface area (Å²) in [7, 11) is 0. The molecule has 2 atom stereocenters. The van der Waals surface area contributed by atoms with Gasteiger partial charge in [-0.3, -0.25) is 0 Å². The van der Waals surface area contributed by atoms with Gasteiger partial charge in [0, 0.05) is 11.5 Å². The van der Waals surface area contributed by atoms with Gasteiger partial charge in [-0.25, -0.2) is 4.21 Å². The SMILES string of the molecule is O=S(O)C1C=CC=C(Cl)C1. The number of halogens is 1. The summed E-state index contributed by atoms with van der Waals surface area (Å²) >= 11 is 3.83. The van der Waals surface area contributed by atoms with Gasteiger partial charge in [0.05, 0.1) is 5.25 Å². The average molecular weight is 179 g/mol. The maximum atomic E-state index is 10.5. The molecule has 0 amide bonds. The highest BCUT2D eigenvalue weighted by atomic mass is 35.5. The van der Waals surface area contributed by atoms with Gasteiger partial charge >= 0.3 is 0 Å². The zero-order valence-electron chi connectivity index (χ0n) is 5.16. The molecule has 0 aromatic carbocycles. The number of hydrogen-bond acceptors (Lipinski definition) is 1. The lowest BCUT2D eigenvalue weighted by Gasteiger charge is -2.09. The van der Waals surface area contributed by atoms with Crippen molar-refractivity contribution in [3.8, 4) is 0 Å². The van der Waals surface area contributed by atoms with E-state index in [9.17, 15) is 4.21 Å². The van der Waals surface area contributed by atoms with Gasteiger partial charge in [0.2, 0.25) is 0 Å². The minimum Gasteiger partial charge on any atom is -0.306 e. The van der Waals surface area contributed by atoms with E-state index in [-0.39, 0.29) is 5.25 Å². The Labute approximate surface area is 66.9 Å². The van der Waals surface area contributed by atoms with Crippen LogP contribution < -0.4 is 0 Å². The van der Waals surface area contributed by atoms with Gasteiger partial charge < -0.3 is 4.55 Å². The molecular formula is C6H7ClO2S. The monoisotopic (exact) mass is 178 g/mol. The van der Waals surface area contributed by atoms with Crippen LogP contribution in [0.3, 0.4) is 0 Å². The Morgan fingerprint density at radius 3 is 2.90 bits per heavy atom. The maximum Gasteiger partial charge on any atom is 0.160 e. The molecule has 0 aromatic heterocycles. The minimum atomic E-state index is -1.78. The Bertz CT molecular complexity index is 210. The third kappa shape index (κ3) is 1.94. The standard InChI is InChI=1S/C6H7ClO2S/c7-5-2-1-3-6(4-5)10(8)9/h1-3,6H,4H2,(H,8,9). The van der Waals surface area contributed by atoms with Crippen LogP contribution >= 0.6 is 11.6 Å². The van der Waals surface area contributed by atoms with Gasteiger partial charge in [-0.2, -0.15) is 0 Å². The molecule has 2 nitrogen and oxygen atoms in total. The van der Waals surface area contributed by atoms with E-state index in [1.807, 2.05) is 0 Å². The Balaban J connectivity index is 2.64. The quantitative estimate of drug-likeness (QED) is 0.621. The molecule has 56 valence electrons. The van der Waals surface area contributed by atoms with Crippen molar-refractivity contribution in [2.45, 2.75) is 11.7 Å². The van der Waals surface area contributed by atoms with Crippen LogP contribution in [-0.2, 0) is 11.1 Å². The van der Waals surface area contributed by atoms with Crippen LogP contribution in [0.2, 0.25) is 0 Å². The van der Waals surface area contributed by atoms with E-state index in [0.717, 1.165) is 0 Å². The molecule has 0 aliphatic heterocycles. The summed E-state index contributed by atoms with van der Waals surface area (Å²) in [5, 5.41) is 0.312. The van der Waals surface area contributed by atoms with Gasteiger partial charge in [0.15, 0.2) is 11.1 Å². The van der Waals surface area contributed by atoms with Gasteiger partial charge in [0.1, 0.15) is 0 Å². The molecule has 0 spiro atoms. The summed E-state index contributed by atoms with van der Waals surface area (Å²) in [5.74, 6) is 0. The molecule has 0 heterocycles. The van der Waals surface area contributed by atoms with Gasteiger partial charge in [-0.1, -0.05) is 23.8 Å². The minimum absolute atomic E-state index is 0.322. The Kier molecular flexibility index (Phi) is 2.65. The second-order valence-corrected chi connectivity index (χ2v) is 3.66. The Morgan fingerprint density at radius 1 is 1.80 bits per heavy atom. The molecule has 1 N–H and O–H groups in total. The van der Waals surface area contributed by atoms with Crippen molar-refractivity contribution < 1.29 is 8.76 Å². The molecule has 10 heavy (non-hydrogen) atoms. The highest BCUT2D eigenvalue weighted by Gasteiger charge is 2.14. The highest BCUT2D eigenvalue weighted by Crippen LogP contribution is 2.18. The first kappa shape index (κ1) is 7.98. The van der Waals surface area contributed by atoms with Gasteiger partial charge in [0.25, 0.3) is 0 Å². The molecule has 0 saturated heterocycles. The van der Waals surface area contributed by atoms with Crippen LogP contribution in [0.4, 0.5) is 0 Å². The molecule has 0 bridgehead atoms. The fourth-order valence-corrected chi connectivity index (χ4v) is 1.63. The van der Waals surface area contributed by atoms with Crippen molar-refractivity contribution in [2.24, 2.45) is 0 Å². The summed E-state index contributed by atoms with van der Waals surface area (Å²) < 4.78 is 19.1. The van der Waals surface area contributed by atoms with Crippen molar-refractivity contribution in [2.75, 3.05) is 0 Å². The van der Waals surface area contributed by atoms with E-state index in [0.29, 0.717) is 11.5 Å². The molecule has 0 fully saturated rings. The zero-order chi connectivity index (χ0) is 7.56. The predicted molar refractivity (Wildman–Crippen MR) is 42.3 cm³/mol. The van der Waals surface area contributed by atoms with Crippen molar-refractivity contribution in [3.63, 3.8) is 0 Å². The van der Waals surface area contributed by atoms with Crippen LogP contribution in [0.5, 0.6) is 0 Å². The summed E-state index contributed by atoms with van der Waals surface area (Å²) in [6, 6.07) is 0. The van der Waals surface area contributed by atoms with Gasteiger partial charge in [-0.15, -0.1) is 0 Å². The molecule has 0 aromatic rings. The number of hydrogen-bond donors (Lipinski definition) is 1. The first-order chi connectivity index (χ1) is 4.70. The molecule has 2 unspecified atom stereocenters. The summed E-state index contributed by atoms with van der Waals surface area (Å²) in [6.07, 6.45) is 5.58. The molecule has 1 rings (SSSR count). The van der Waals surface area contributed by atoms with Crippen LogP contribution in [0.15, 0.2) is 23.3 Å². The first-order valence-corrected chi connectivity index (χ1v) is 4.37. The molecule has 1 aliphatic carbocycles. The van der Waals surface area contributed by atoms with Crippen LogP contribution in [-0.4, -0.2) is 14.0 Å². The van der Waals surface area contributed by atoms with E-state index in [2.05, 4.69) is 0 Å². The summed E-state index contributed by atoms with van der Waals surface area (Å²) in [5.41, 5.74) is 0. The normalized spacial score (nSPS) is 27.8. The Hall–Kier alpha value is -0.120. The Morgan fingerprint density at radius 2 is 2.50 bits per heavy atom. The summed E-state index contributed by atoms with van der Waals surface area (Å²) in [6.45, 7) is 0. The lowest BCUT2D eigenvalue weighted by molar-refractivity contribution is 0.555. The van der Waals surface area contributed by atoms with E-state index in [1.165, 1.54) is 0 Å². The highest BCUT2D eigenvalue weighted by molar-refractivity contribution is 7.80. The molecule has 4 heteroatoms. The number of allylic oxidation sites excluding steroid dienone is 3. The second-order valence-electron chi connectivity index (χ2n) is 2.02.